The molecule has 29 heavy (non-hydrogen) atoms. The highest BCUT2D eigenvalue weighted by atomic mass is 32.1. The Morgan fingerprint density at radius 1 is 1.34 bits per heavy atom. The van der Waals surface area contributed by atoms with E-state index in [9.17, 15) is 18.0 Å². The van der Waals surface area contributed by atoms with Crippen molar-refractivity contribution in [1.82, 2.24) is 19.9 Å². The molecule has 154 valence electrons. The first-order valence-electron chi connectivity index (χ1n) is 9.22. The van der Waals surface area contributed by atoms with Crippen LogP contribution in [0.3, 0.4) is 0 Å². The number of carbonyl (C=O) groups is 1. The van der Waals surface area contributed by atoms with Crippen molar-refractivity contribution in [1.29, 1.82) is 0 Å². The molecule has 3 rings (SSSR count). The molecule has 0 fully saturated rings. The molecule has 5 nitrogen and oxygen atoms in total. The zero-order valence-electron chi connectivity index (χ0n) is 16.2. The lowest BCUT2D eigenvalue weighted by atomic mass is 10.0. The minimum atomic E-state index is -4.55. The Morgan fingerprint density at radius 2 is 2.07 bits per heavy atom. The van der Waals surface area contributed by atoms with Crippen molar-refractivity contribution in [2.24, 2.45) is 0 Å². The highest BCUT2D eigenvalue weighted by Crippen LogP contribution is 2.36. The molecule has 1 atom stereocenters. The maximum absolute atomic E-state index is 13.1. The van der Waals surface area contributed by atoms with Gasteiger partial charge in [-0.3, -0.25) is 4.79 Å². The molecule has 0 bridgehead atoms. The number of rotatable bonds is 6. The second-order valence-electron chi connectivity index (χ2n) is 6.79. The number of aryl methyl sites for hydroxylation is 1. The van der Waals surface area contributed by atoms with Crippen LogP contribution in [0, 0.1) is 6.92 Å². The van der Waals surface area contributed by atoms with Crippen LogP contribution in [0.5, 0.6) is 0 Å². The predicted molar refractivity (Wildman–Crippen MR) is 108 cm³/mol. The summed E-state index contributed by atoms with van der Waals surface area (Å²) in [6.07, 6.45) is -0.00133. The van der Waals surface area contributed by atoms with Gasteiger partial charge in [-0.05, 0) is 31.9 Å². The van der Waals surface area contributed by atoms with Gasteiger partial charge in [-0.2, -0.15) is 13.2 Å². The third-order valence-electron chi connectivity index (χ3n) is 4.38. The number of carbonyl (C=O) groups excluding carboxylic acids is 1. The lowest BCUT2D eigenvalue weighted by Crippen LogP contribution is -2.30. The molecule has 0 saturated carbocycles. The van der Waals surface area contributed by atoms with Gasteiger partial charge in [-0.1, -0.05) is 48.9 Å². The maximum atomic E-state index is 13.1. The van der Waals surface area contributed by atoms with Gasteiger partial charge in [-0.15, -0.1) is 5.10 Å². The Labute approximate surface area is 170 Å². The molecule has 2 aromatic heterocycles. The smallest absolute Gasteiger partial charge is 0.350 e. The number of amides is 1. The number of hydrogen-bond donors (Lipinski definition) is 1. The van der Waals surface area contributed by atoms with E-state index in [-0.39, 0.29) is 16.9 Å². The maximum Gasteiger partial charge on any atom is 0.445 e. The number of nitrogens with zero attached hydrogens (tertiary/aromatic N) is 3. The number of fused-ring (bicyclic) bond motifs is 1. The van der Waals surface area contributed by atoms with Crippen molar-refractivity contribution >= 4 is 28.3 Å². The van der Waals surface area contributed by atoms with Gasteiger partial charge in [0.2, 0.25) is 15.9 Å². The number of imidazole rings is 1. The van der Waals surface area contributed by atoms with Gasteiger partial charge in [0, 0.05) is 17.7 Å². The van der Waals surface area contributed by atoms with Crippen molar-refractivity contribution in [2.45, 2.75) is 45.8 Å². The van der Waals surface area contributed by atoms with E-state index in [1.807, 2.05) is 45.0 Å². The largest absolute Gasteiger partial charge is 0.445 e. The summed E-state index contributed by atoms with van der Waals surface area (Å²) >= 11 is 0.473. The van der Waals surface area contributed by atoms with Gasteiger partial charge in [-0.25, -0.2) is 9.50 Å². The number of halogens is 3. The summed E-state index contributed by atoms with van der Waals surface area (Å²) in [6.45, 7) is 5.82. The molecule has 1 amide bonds. The van der Waals surface area contributed by atoms with E-state index >= 15 is 0 Å². The Balaban J connectivity index is 2.05. The number of nitrogens with one attached hydrogen (secondary N) is 1. The molecule has 0 aliphatic rings. The van der Waals surface area contributed by atoms with E-state index in [1.54, 1.807) is 0 Å². The van der Waals surface area contributed by atoms with Crippen LogP contribution in [0.15, 0.2) is 30.3 Å². The highest BCUT2D eigenvalue weighted by molar-refractivity contribution is 7.16. The normalized spacial score (nSPS) is 13.3. The fraction of sp³-hybridized carbons (Fsp3) is 0.350. The van der Waals surface area contributed by atoms with E-state index in [2.05, 4.69) is 15.4 Å². The van der Waals surface area contributed by atoms with Crippen LogP contribution < -0.4 is 5.32 Å². The van der Waals surface area contributed by atoms with Crippen LogP contribution in [0.1, 0.15) is 43.0 Å². The van der Waals surface area contributed by atoms with Crippen molar-refractivity contribution in [2.75, 3.05) is 0 Å². The summed E-state index contributed by atoms with van der Waals surface area (Å²) in [7, 11) is 0. The van der Waals surface area contributed by atoms with Gasteiger partial charge in [0.25, 0.3) is 0 Å². The van der Waals surface area contributed by atoms with Gasteiger partial charge < -0.3 is 5.32 Å². The van der Waals surface area contributed by atoms with E-state index in [0.717, 1.165) is 28.5 Å². The highest BCUT2D eigenvalue weighted by Gasteiger charge is 2.36. The molecular weight excluding hydrogens is 401 g/mol. The molecule has 9 heteroatoms. The average Bonchev–Trinajstić information content (AvgIpc) is 3.18. The van der Waals surface area contributed by atoms with Gasteiger partial charge in [0.05, 0.1) is 11.4 Å². The van der Waals surface area contributed by atoms with Gasteiger partial charge in [0.1, 0.15) is 0 Å². The standard InChI is InChI=1S/C20H21F3N4OS/c1-4-7-13(3)24-16(28)11-10-15-17(14-9-6-5-8-12(14)2)25-19-27(15)26-18(29-19)20(21,22)23/h5-6,8-11,13H,4,7H2,1-3H3,(H,24,28)/b11-10+. The first-order valence-corrected chi connectivity index (χ1v) is 10.0. The molecule has 1 N–H and O–H groups in total. The Kier molecular flexibility index (Phi) is 6.07. The zero-order chi connectivity index (χ0) is 21.2. The lowest BCUT2D eigenvalue weighted by Gasteiger charge is -2.10. The number of hydrogen-bond acceptors (Lipinski definition) is 4. The summed E-state index contributed by atoms with van der Waals surface area (Å²) in [5.74, 6) is -0.317. The van der Waals surface area contributed by atoms with Crippen LogP contribution in [-0.4, -0.2) is 26.5 Å². The molecule has 0 radical (unpaired) electrons. The molecule has 0 spiro atoms. The molecule has 1 aromatic carbocycles. The minimum absolute atomic E-state index is 0.00884. The molecule has 2 heterocycles. The summed E-state index contributed by atoms with van der Waals surface area (Å²) < 4.78 is 40.4. The van der Waals surface area contributed by atoms with Gasteiger partial charge >= 0.3 is 6.18 Å². The summed E-state index contributed by atoms with van der Waals surface area (Å²) in [5.41, 5.74) is 2.52. The van der Waals surface area contributed by atoms with Crippen LogP contribution >= 0.6 is 11.3 Å². The van der Waals surface area contributed by atoms with Crippen LogP contribution in [0.25, 0.3) is 22.3 Å². The third kappa shape index (κ3) is 4.67. The van der Waals surface area contributed by atoms with Crippen molar-refractivity contribution in [3.63, 3.8) is 0 Å². The number of benzene rings is 1. The first-order chi connectivity index (χ1) is 13.7. The lowest BCUT2D eigenvalue weighted by molar-refractivity contribution is -0.138. The molecule has 0 saturated heterocycles. The van der Waals surface area contributed by atoms with E-state index in [4.69, 9.17) is 0 Å². The molecule has 0 aliphatic heterocycles. The molecule has 1 unspecified atom stereocenters. The number of aromatic nitrogens is 3. The average molecular weight is 422 g/mol. The second kappa shape index (κ2) is 8.36. The van der Waals surface area contributed by atoms with E-state index in [0.29, 0.717) is 22.7 Å². The molecule has 3 aromatic rings. The van der Waals surface area contributed by atoms with E-state index in [1.165, 1.54) is 12.2 Å². The second-order valence-corrected chi connectivity index (χ2v) is 7.75. The van der Waals surface area contributed by atoms with Crippen molar-refractivity contribution in [3.05, 3.63) is 46.6 Å². The fourth-order valence-corrected chi connectivity index (χ4v) is 3.79. The zero-order valence-corrected chi connectivity index (χ0v) is 17.1. The summed E-state index contributed by atoms with van der Waals surface area (Å²) in [4.78, 5) is 16.7. The van der Waals surface area contributed by atoms with Crippen LogP contribution in [0.4, 0.5) is 13.2 Å². The monoisotopic (exact) mass is 422 g/mol. The fourth-order valence-electron chi connectivity index (χ4n) is 3.02. The van der Waals surface area contributed by atoms with Crippen LogP contribution in [0.2, 0.25) is 0 Å². The summed E-state index contributed by atoms with van der Waals surface area (Å²) in [6, 6.07) is 7.44. The van der Waals surface area contributed by atoms with Crippen molar-refractivity contribution in [3.8, 4) is 11.3 Å². The minimum Gasteiger partial charge on any atom is -0.350 e. The summed E-state index contributed by atoms with van der Waals surface area (Å²) in [5, 5.41) is 5.55. The Bertz CT molecular complexity index is 1050. The quantitative estimate of drug-likeness (QED) is 0.562. The van der Waals surface area contributed by atoms with Crippen LogP contribution in [-0.2, 0) is 11.0 Å². The molecule has 0 aliphatic carbocycles. The first kappa shape index (κ1) is 21.0. The number of alkyl halides is 3. The third-order valence-corrected chi connectivity index (χ3v) is 5.34. The van der Waals surface area contributed by atoms with Crippen molar-refractivity contribution < 1.29 is 18.0 Å². The topological polar surface area (TPSA) is 59.3 Å². The Morgan fingerprint density at radius 3 is 2.72 bits per heavy atom. The molecular formula is C20H21F3N4OS. The van der Waals surface area contributed by atoms with E-state index < -0.39 is 11.2 Å². The van der Waals surface area contributed by atoms with Gasteiger partial charge in [0.15, 0.2) is 0 Å². The predicted octanol–water partition coefficient (Wildman–Crippen LogP) is 5.10. The Hall–Kier alpha value is -2.68. The SMILES string of the molecule is CCCC(C)NC(=O)/C=C/c1c(-c2ccccc2C)nc2sc(C(F)(F)F)nn12.